The third kappa shape index (κ3) is 2.33. The van der Waals surface area contributed by atoms with E-state index in [0.717, 1.165) is 31.4 Å². The van der Waals surface area contributed by atoms with Crippen LogP contribution in [0.5, 0.6) is 5.75 Å². The molecular formula is C20H22N2O2. The lowest BCUT2D eigenvalue weighted by Gasteiger charge is -2.26. The summed E-state index contributed by atoms with van der Waals surface area (Å²) in [6, 6.07) is 13.9. The van der Waals surface area contributed by atoms with Crippen molar-refractivity contribution >= 4 is 17.3 Å². The molecule has 2 atom stereocenters. The molecule has 0 heterocycles. The van der Waals surface area contributed by atoms with Crippen molar-refractivity contribution in [2.24, 2.45) is 5.92 Å². The molecule has 2 aliphatic carbocycles. The zero-order chi connectivity index (χ0) is 16.7. The van der Waals surface area contributed by atoms with E-state index in [9.17, 15) is 4.79 Å². The molecule has 2 aliphatic rings. The van der Waals surface area contributed by atoms with Gasteiger partial charge in [0.2, 0.25) is 5.91 Å². The van der Waals surface area contributed by atoms with Crippen LogP contribution in [-0.2, 0) is 16.6 Å². The third-order valence-corrected chi connectivity index (χ3v) is 5.51. The second kappa shape index (κ2) is 5.55. The van der Waals surface area contributed by atoms with Crippen LogP contribution in [0.25, 0.3) is 0 Å². The van der Waals surface area contributed by atoms with Crippen LogP contribution in [0, 0.1) is 5.92 Å². The molecule has 4 heteroatoms. The number of ether oxygens (including phenoxy) is 1. The van der Waals surface area contributed by atoms with Gasteiger partial charge in [-0.25, -0.2) is 0 Å². The topological polar surface area (TPSA) is 64.3 Å². The Labute approximate surface area is 142 Å². The van der Waals surface area contributed by atoms with Crippen LogP contribution < -0.4 is 15.8 Å². The molecule has 2 unspecified atom stereocenters. The molecule has 0 aromatic heterocycles. The van der Waals surface area contributed by atoms with E-state index in [1.165, 1.54) is 11.1 Å². The molecule has 1 amide bonds. The number of nitrogen functional groups attached to an aromatic ring is 1. The highest BCUT2D eigenvalue weighted by Gasteiger charge is 2.60. The first-order valence-electron chi connectivity index (χ1n) is 8.47. The van der Waals surface area contributed by atoms with Crippen LogP contribution in [-0.4, -0.2) is 13.0 Å². The van der Waals surface area contributed by atoms with Crippen LogP contribution in [0.3, 0.4) is 0 Å². The number of carbonyl (C=O) groups is 1. The minimum absolute atomic E-state index is 0.0525. The van der Waals surface area contributed by atoms with Crippen molar-refractivity contribution in [3.63, 3.8) is 0 Å². The number of hydrogen-bond acceptors (Lipinski definition) is 3. The number of carbonyl (C=O) groups excluding carboxylic acids is 1. The monoisotopic (exact) mass is 322 g/mol. The summed E-state index contributed by atoms with van der Waals surface area (Å²) < 4.78 is 5.16. The van der Waals surface area contributed by atoms with Crippen LogP contribution in [0.15, 0.2) is 42.5 Å². The van der Waals surface area contributed by atoms with Crippen molar-refractivity contribution in [3.05, 3.63) is 53.6 Å². The predicted octanol–water partition coefficient (Wildman–Crippen LogP) is 3.51. The fourth-order valence-corrected chi connectivity index (χ4v) is 4.22. The lowest BCUT2D eigenvalue weighted by Crippen LogP contribution is -2.24. The van der Waals surface area contributed by atoms with Gasteiger partial charge in [0.25, 0.3) is 0 Å². The Morgan fingerprint density at radius 2 is 2.12 bits per heavy atom. The largest absolute Gasteiger partial charge is 0.495 e. The molecule has 0 radical (unpaired) electrons. The molecule has 0 aliphatic heterocycles. The zero-order valence-corrected chi connectivity index (χ0v) is 13.8. The minimum atomic E-state index is 0.0525. The maximum Gasteiger partial charge on any atom is 0.228 e. The zero-order valence-electron chi connectivity index (χ0n) is 13.8. The highest BCUT2D eigenvalue weighted by Crippen LogP contribution is 2.60. The lowest BCUT2D eigenvalue weighted by molar-refractivity contribution is -0.117. The molecule has 4 rings (SSSR count). The summed E-state index contributed by atoms with van der Waals surface area (Å²) in [6.07, 6.45) is 4.34. The van der Waals surface area contributed by atoms with Crippen LogP contribution in [0.1, 0.15) is 30.4 Å². The number of benzene rings is 2. The van der Waals surface area contributed by atoms with Gasteiger partial charge >= 0.3 is 0 Å². The molecule has 2 aromatic carbocycles. The van der Waals surface area contributed by atoms with E-state index in [1.54, 1.807) is 19.2 Å². The highest BCUT2D eigenvalue weighted by molar-refractivity contribution is 5.96. The number of methoxy groups -OCH3 is 1. The van der Waals surface area contributed by atoms with Crippen LogP contribution in [0.4, 0.5) is 11.4 Å². The molecule has 0 saturated heterocycles. The summed E-state index contributed by atoms with van der Waals surface area (Å²) in [4.78, 5) is 12.7. The Morgan fingerprint density at radius 3 is 2.92 bits per heavy atom. The second-order valence-corrected chi connectivity index (χ2v) is 6.87. The number of nitrogens with two attached hydrogens (primary N) is 1. The quantitative estimate of drug-likeness (QED) is 0.850. The van der Waals surface area contributed by atoms with Gasteiger partial charge in [0.15, 0.2) is 0 Å². The van der Waals surface area contributed by atoms with Crippen molar-refractivity contribution in [1.82, 2.24) is 0 Å². The Kier molecular flexibility index (Phi) is 3.48. The number of amides is 1. The van der Waals surface area contributed by atoms with Crippen molar-refractivity contribution in [2.75, 3.05) is 18.2 Å². The summed E-state index contributed by atoms with van der Waals surface area (Å²) in [5.74, 6) is 0.774. The van der Waals surface area contributed by atoms with Gasteiger partial charge in [-0.05, 0) is 55.0 Å². The van der Waals surface area contributed by atoms with Gasteiger partial charge in [0.05, 0.1) is 12.8 Å². The predicted molar refractivity (Wildman–Crippen MR) is 95.2 cm³/mol. The first kappa shape index (κ1) is 15.1. The van der Waals surface area contributed by atoms with Crippen molar-refractivity contribution in [1.29, 1.82) is 0 Å². The van der Waals surface area contributed by atoms with Crippen molar-refractivity contribution < 1.29 is 9.53 Å². The van der Waals surface area contributed by atoms with Gasteiger partial charge in [-0.15, -0.1) is 0 Å². The molecule has 24 heavy (non-hydrogen) atoms. The fraction of sp³-hybridized carbons (Fsp3) is 0.350. The molecule has 0 bridgehead atoms. The number of hydrogen-bond donors (Lipinski definition) is 2. The molecule has 1 saturated carbocycles. The lowest BCUT2D eigenvalue weighted by atomic mass is 9.78. The van der Waals surface area contributed by atoms with Gasteiger partial charge in [0.1, 0.15) is 5.75 Å². The average molecular weight is 322 g/mol. The number of anilines is 2. The van der Waals surface area contributed by atoms with E-state index in [0.29, 0.717) is 11.4 Å². The van der Waals surface area contributed by atoms with Crippen LogP contribution in [0.2, 0.25) is 0 Å². The Morgan fingerprint density at radius 1 is 1.29 bits per heavy atom. The van der Waals surface area contributed by atoms with E-state index in [2.05, 4.69) is 29.6 Å². The third-order valence-electron chi connectivity index (χ3n) is 5.51. The smallest absolute Gasteiger partial charge is 0.228 e. The molecule has 2 aromatic rings. The average Bonchev–Trinajstić information content (AvgIpc) is 3.30. The van der Waals surface area contributed by atoms with Crippen molar-refractivity contribution in [3.8, 4) is 5.75 Å². The molecule has 4 nitrogen and oxygen atoms in total. The van der Waals surface area contributed by atoms with E-state index < -0.39 is 0 Å². The SMILES string of the molecule is COc1ccc(NC(=O)C2CC23CCCc2ccccc23)cc1N. The maximum absolute atomic E-state index is 12.7. The number of fused-ring (bicyclic) bond motifs is 2. The maximum atomic E-state index is 12.7. The number of rotatable bonds is 3. The van der Waals surface area contributed by atoms with E-state index >= 15 is 0 Å². The standard InChI is InChI=1S/C20H22N2O2/c1-24-18-9-8-14(11-17(18)21)22-19(23)16-12-20(16)10-4-6-13-5-2-3-7-15(13)20/h2-3,5,7-9,11,16H,4,6,10,12,21H2,1H3,(H,22,23). The summed E-state index contributed by atoms with van der Waals surface area (Å²) in [6.45, 7) is 0. The number of nitrogens with one attached hydrogen (secondary N) is 1. The number of aryl methyl sites for hydroxylation is 1. The Bertz CT molecular complexity index is 802. The normalized spacial score (nSPS) is 24.3. The van der Waals surface area contributed by atoms with E-state index in [4.69, 9.17) is 10.5 Å². The fourth-order valence-electron chi connectivity index (χ4n) is 4.22. The van der Waals surface area contributed by atoms with Gasteiger partial charge in [-0.1, -0.05) is 24.3 Å². The van der Waals surface area contributed by atoms with Gasteiger partial charge in [-0.2, -0.15) is 0 Å². The summed E-state index contributed by atoms with van der Waals surface area (Å²) >= 11 is 0. The summed E-state index contributed by atoms with van der Waals surface area (Å²) in [5, 5.41) is 3.02. The van der Waals surface area contributed by atoms with E-state index in [1.807, 2.05) is 6.07 Å². The molecular weight excluding hydrogens is 300 g/mol. The molecule has 124 valence electrons. The first-order chi connectivity index (χ1) is 11.6. The van der Waals surface area contributed by atoms with Crippen molar-refractivity contribution in [2.45, 2.75) is 31.1 Å². The van der Waals surface area contributed by atoms with Gasteiger partial charge < -0.3 is 15.8 Å². The summed E-state index contributed by atoms with van der Waals surface area (Å²) in [5.41, 5.74) is 10.0. The minimum Gasteiger partial charge on any atom is -0.495 e. The van der Waals surface area contributed by atoms with Gasteiger partial charge in [-0.3, -0.25) is 4.79 Å². The molecule has 3 N–H and O–H groups in total. The van der Waals surface area contributed by atoms with Crippen LogP contribution >= 0.6 is 0 Å². The first-order valence-corrected chi connectivity index (χ1v) is 8.47. The molecule has 1 spiro atoms. The second-order valence-electron chi connectivity index (χ2n) is 6.87. The summed E-state index contributed by atoms with van der Waals surface area (Å²) in [7, 11) is 1.58. The van der Waals surface area contributed by atoms with Gasteiger partial charge in [0, 0.05) is 17.0 Å². The molecule has 1 fully saturated rings. The highest BCUT2D eigenvalue weighted by atomic mass is 16.5. The Hall–Kier alpha value is -2.49. The Balaban J connectivity index is 1.53. The van der Waals surface area contributed by atoms with E-state index in [-0.39, 0.29) is 17.2 Å².